The maximum Gasteiger partial charge on any atom is 0.250 e. The number of amides is 1. The van der Waals surface area contributed by atoms with Crippen LogP contribution in [0.5, 0.6) is 0 Å². The molecule has 4 rings (SSSR count). The lowest BCUT2D eigenvalue weighted by Crippen LogP contribution is -2.47. The third-order valence-electron chi connectivity index (χ3n) is 5.23. The number of hydrogen-bond donors (Lipinski definition) is 1. The summed E-state index contributed by atoms with van der Waals surface area (Å²) in [4.78, 5) is 15.1. The van der Waals surface area contributed by atoms with Crippen LogP contribution >= 0.6 is 0 Å². The second-order valence-electron chi connectivity index (χ2n) is 7.58. The molecule has 26 heavy (non-hydrogen) atoms. The van der Waals surface area contributed by atoms with Crippen molar-refractivity contribution in [1.82, 2.24) is 25.5 Å². The van der Waals surface area contributed by atoms with Crippen LogP contribution < -0.4 is 10.2 Å². The van der Waals surface area contributed by atoms with Gasteiger partial charge in [0.05, 0.1) is 24.3 Å². The summed E-state index contributed by atoms with van der Waals surface area (Å²) in [5.41, 5.74) is 0.377. The average Bonchev–Trinajstić information content (AvgIpc) is 3.33. The van der Waals surface area contributed by atoms with Crippen molar-refractivity contribution < 1.29 is 9.53 Å². The van der Waals surface area contributed by atoms with Crippen LogP contribution in [-0.4, -0.2) is 59.0 Å². The normalized spacial score (nSPS) is 24.9. The van der Waals surface area contributed by atoms with Crippen LogP contribution in [0.15, 0.2) is 30.3 Å². The number of rotatable bonds is 5. The van der Waals surface area contributed by atoms with Crippen molar-refractivity contribution in [2.24, 2.45) is 17.3 Å². The number of benzene rings is 1. The van der Waals surface area contributed by atoms with E-state index in [1.807, 2.05) is 30.3 Å². The smallest absolute Gasteiger partial charge is 0.250 e. The minimum atomic E-state index is -0.525. The maximum absolute atomic E-state index is 12.9. The van der Waals surface area contributed by atoms with Gasteiger partial charge in [0, 0.05) is 25.6 Å². The summed E-state index contributed by atoms with van der Waals surface area (Å²) in [6, 6.07) is 9.79. The first-order valence-electron chi connectivity index (χ1n) is 9.05. The van der Waals surface area contributed by atoms with Crippen molar-refractivity contribution in [3.8, 4) is 5.69 Å². The van der Waals surface area contributed by atoms with E-state index in [4.69, 9.17) is 4.74 Å². The Morgan fingerprint density at radius 1 is 1.38 bits per heavy atom. The minimum absolute atomic E-state index is 0.0786. The third-order valence-corrected chi connectivity index (χ3v) is 5.23. The van der Waals surface area contributed by atoms with Gasteiger partial charge in [-0.2, -0.15) is 4.68 Å². The Labute approximate surface area is 152 Å². The summed E-state index contributed by atoms with van der Waals surface area (Å²) in [7, 11) is 0. The molecule has 2 aliphatic rings. The number of aromatic nitrogens is 4. The fraction of sp³-hybridized carbons (Fsp3) is 0.556. The Kier molecular flexibility index (Phi) is 4.36. The molecule has 3 heterocycles. The number of nitrogens with zero attached hydrogens (tertiary/aromatic N) is 5. The van der Waals surface area contributed by atoms with E-state index in [0.29, 0.717) is 44.7 Å². The molecule has 2 aliphatic heterocycles. The van der Waals surface area contributed by atoms with Crippen LogP contribution in [0.2, 0.25) is 0 Å². The third kappa shape index (κ3) is 2.84. The van der Waals surface area contributed by atoms with Crippen molar-refractivity contribution in [1.29, 1.82) is 0 Å². The van der Waals surface area contributed by atoms with Crippen LogP contribution in [0.3, 0.4) is 0 Å². The molecular formula is C18H24N6O2. The second-order valence-corrected chi connectivity index (χ2v) is 7.58. The van der Waals surface area contributed by atoms with E-state index < -0.39 is 5.41 Å². The highest BCUT2D eigenvalue weighted by Crippen LogP contribution is 2.42. The predicted molar refractivity (Wildman–Crippen MR) is 96.0 cm³/mol. The van der Waals surface area contributed by atoms with Gasteiger partial charge in [0.2, 0.25) is 11.9 Å². The van der Waals surface area contributed by atoms with Gasteiger partial charge in [-0.05, 0) is 28.5 Å². The van der Waals surface area contributed by atoms with Crippen LogP contribution in [0.25, 0.3) is 5.69 Å². The lowest BCUT2D eigenvalue weighted by Gasteiger charge is -2.26. The number of ether oxygens (including phenoxy) is 1. The van der Waals surface area contributed by atoms with Crippen LogP contribution in [0, 0.1) is 17.3 Å². The standard InChI is InChI=1S/C18H24N6O2/c1-13(2)8-19-16(25)18-11-23(9-14(18)10-26-12-18)17-20-21-22-24(17)15-6-4-3-5-7-15/h3-7,13-14H,8-12H2,1-2H3,(H,19,25)/t14-,18-/m0/s1. The fourth-order valence-corrected chi connectivity index (χ4v) is 3.80. The highest BCUT2D eigenvalue weighted by molar-refractivity contribution is 5.85. The maximum atomic E-state index is 12.9. The molecule has 0 saturated carbocycles. The van der Waals surface area contributed by atoms with Gasteiger partial charge in [0.15, 0.2) is 0 Å². The molecule has 138 valence electrons. The van der Waals surface area contributed by atoms with Gasteiger partial charge in [-0.15, -0.1) is 0 Å². The Hall–Kier alpha value is -2.48. The minimum Gasteiger partial charge on any atom is -0.380 e. The zero-order chi connectivity index (χ0) is 18.1. The Bertz CT molecular complexity index is 777. The Morgan fingerprint density at radius 2 is 2.19 bits per heavy atom. The number of fused-ring (bicyclic) bond motifs is 1. The summed E-state index contributed by atoms with van der Waals surface area (Å²) >= 11 is 0. The SMILES string of the molecule is CC(C)CNC(=O)[C@@]12COC[C@@H]1CN(c1nnnn1-c1ccccc1)C2. The number of anilines is 1. The predicted octanol–water partition coefficient (Wildman–Crippen LogP) is 0.887. The van der Waals surface area contributed by atoms with Crippen LogP contribution in [0.1, 0.15) is 13.8 Å². The van der Waals surface area contributed by atoms with E-state index in [1.54, 1.807) is 4.68 Å². The summed E-state index contributed by atoms with van der Waals surface area (Å²) < 4.78 is 7.40. The molecule has 1 amide bonds. The van der Waals surface area contributed by atoms with Crippen LogP contribution in [0.4, 0.5) is 5.95 Å². The number of nitrogens with one attached hydrogen (secondary N) is 1. The molecule has 8 heteroatoms. The molecule has 8 nitrogen and oxygen atoms in total. The van der Waals surface area contributed by atoms with E-state index in [-0.39, 0.29) is 11.8 Å². The largest absolute Gasteiger partial charge is 0.380 e. The number of carbonyl (C=O) groups excluding carboxylic acids is 1. The Balaban J connectivity index is 1.58. The number of carbonyl (C=O) groups is 1. The van der Waals surface area contributed by atoms with Crippen molar-refractivity contribution in [2.45, 2.75) is 13.8 Å². The van der Waals surface area contributed by atoms with Gasteiger partial charge in [-0.3, -0.25) is 4.79 Å². The second kappa shape index (κ2) is 6.68. The van der Waals surface area contributed by atoms with E-state index in [1.165, 1.54) is 0 Å². The molecule has 0 spiro atoms. The molecule has 1 aromatic carbocycles. The number of para-hydroxylation sites is 1. The van der Waals surface area contributed by atoms with Gasteiger partial charge >= 0.3 is 0 Å². The summed E-state index contributed by atoms with van der Waals surface area (Å²) in [5.74, 6) is 1.31. The van der Waals surface area contributed by atoms with Gasteiger partial charge in [0.1, 0.15) is 0 Å². The van der Waals surface area contributed by atoms with Crippen molar-refractivity contribution in [3.05, 3.63) is 30.3 Å². The topological polar surface area (TPSA) is 85.2 Å². The summed E-state index contributed by atoms with van der Waals surface area (Å²) in [5, 5.41) is 15.3. The molecule has 2 aromatic rings. The highest BCUT2D eigenvalue weighted by Gasteiger charge is 2.56. The zero-order valence-corrected chi connectivity index (χ0v) is 15.1. The van der Waals surface area contributed by atoms with E-state index >= 15 is 0 Å². The fourth-order valence-electron chi connectivity index (χ4n) is 3.80. The van der Waals surface area contributed by atoms with Crippen LogP contribution in [-0.2, 0) is 9.53 Å². The molecule has 0 bridgehead atoms. The molecule has 2 atom stereocenters. The Morgan fingerprint density at radius 3 is 2.96 bits per heavy atom. The lowest BCUT2D eigenvalue weighted by molar-refractivity contribution is -0.131. The zero-order valence-electron chi connectivity index (χ0n) is 15.1. The molecular weight excluding hydrogens is 332 g/mol. The van der Waals surface area contributed by atoms with Gasteiger partial charge in [-0.25, -0.2) is 0 Å². The lowest BCUT2D eigenvalue weighted by atomic mass is 9.80. The van der Waals surface area contributed by atoms with Gasteiger partial charge in [-0.1, -0.05) is 37.1 Å². The molecule has 0 aliphatic carbocycles. The van der Waals surface area contributed by atoms with Gasteiger partial charge in [0.25, 0.3) is 0 Å². The van der Waals surface area contributed by atoms with Crippen molar-refractivity contribution >= 4 is 11.9 Å². The monoisotopic (exact) mass is 356 g/mol. The number of hydrogen-bond acceptors (Lipinski definition) is 6. The first-order valence-corrected chi connectivity index (χ1v) is 9.05. The van der Waals surface area contributed by atoms with E-state index in [0.717, 1.165) is 5.69 Å². The molecule has 1 aromatic heterocycles. The van der Waals surface area contributed by atoms with Crippen molar-refractivity contribution in [3.63, 3.8) is 0 Å². The first-order chi connectivity index (χ1) is 12.6. The molecule has 0 radical (unpaired) electrons. The quantitative estimate of drug-likeness (QED) is 0.856. The number of tetrazole rings is 1. The molecule has 2 fully saturated rings. The average molecular weight is 356 g/mol. The van der Waals surface area contributed by atoms with E-state index in [9.17, 15) is 4.79 Å². The summed E-state index contributed by atoms with van der Waals surface area (Å²) in [6.07, 6.45) is 0. The van der Waals surface area contributed by atoms with Gasteiger partial charge < -0.3 is 15.0 Å². The molecule has 0 unspecified atom stereocenters. The highest BCUT2D eigenvalue weighted by atomic mass is 16.5. The van der Waals surface area contributed by atoms with E-state index in [2.05, 4.69) is 39.6 Å². The summed E-state index contributed by atoms with van der Waals surface area (Å²) in [6.45, 7) is 7.18. The molecule has 1 N–H and O–H groups in total. The van der Waals surface area contributed by atoms with Crippen molar-refractivity contribution in [2.75, 3.05) is 37.7 Å². The first kappa shape index (κ1) is 17.0. The molecule has 2 saturated heterocycles.